The van der Waals surface area contributed by atoms with Crippen LogP contribution in [-0.4, -0.2) is 28.0 Å². The molecule has 0 radical (unpaired) electrons. The third-order valence-corrected chi connectivity index (χ3v) is 4.34. The molecule has 0 aliphatic carbocycles. The molecule has 9 heteroatoms. The molecular weight excluding hydrogens is 366 g/mol. The van der Waals surface area contributed by atoms with Gasteiger partial charge >= 0.3 is 6.18 Å². The lowest BCUT2D eigenvalue weighted by atomic mass is 10.1. The zero-order chi connectivity index (χ0) is 19.6. The monoisotopic (exact) mass is 383 g/mol. The van der Waals surface area contributed by atoms with E-state index in [1.54, 1.807) is 0 Å². The van der Waals surface area contributed by atoms with Gasteiger partial charge in [0.2, 0.25) is 6.10 Å². The Labute approximate surface area is 152 Å². The first-order valence-electron chi connectivity index (χ1n) is 8.32. The molecule has 1 unspecified atom stereocenters. The number of aromatic nitrogens is 2. The average Bonchev–Trinajstić information content (AvgIpc) is 3.10. The van der Waals surface area contributed by atoms with E-state index >= 15 is 0 Å². The Morgan fingerprint density at radius 1 is 1.22 bits per heavy atom. The highest BCUT2D eigenvalue weighted by atomic mass is 19.4. The number of nitrogens with one attached hydrogen (secondary N) is 1. The Kier molecular flexibility index (Phi) is 5.41. The average molecular weight is 383 g/mol. The second-order valence-corrected chi connectivity index (χ2v) is 6.30. The molecule has 5 nitrogen and oxygen atoms in total. The number of halogens is 4. The van der Waals surface area contributed by atoms with E-state index in [-0.39, 0.29) is 23.6 Å². The van der Waals surface area contributed by atoms with E-state index in [1.807, 2.05) is 0 Å². The Morgan fingerprint density at radius 3 is 2.44 bits per heavy atom. The van der Waals surface area contributed by atoms with Gasteiger partial charge in [-0.1, -0.05) is 18.2 Å². The van der Waals surface area contributed by atoms with Crippen LogP contribution in [0, 0.1) is 5.82 Å². The van der Waals surface area contributed by atoms with Crippen LogP contribution in [0.2, 0.25) is 0 Å². The summed E-state index contributed by atoms with van der Waals surface area (Å²) in [5.41, 5.74) is -0.615. The van der Waals surface area contributed by atoms with Crippen molar-refractivity contribution in [2.45, 2.75) is 44.1 Å². The maximum Gasteiger partial charge on any atom is 0.429 e. The number of hydrogen-bond acceptors (Lipinski definition) is 5. The largest absolute Gasteiger partial charge is 0.473 e. The van der Waals surface area contributed by atoms with Gasteiger partial charge in [0.1, 0.15) is 17.4 Å². The van der Waals surface area contributed by atoms with E-state index in [1.165, 1.54) is 19.1 Å². The van der Waals surface area contributed by atoms with E-state index in [2.05, 4.69) is 15.3 Å². The highest BCUT2D eigenvalue weighted by Gasteiger charge is 2.44. The molecule has 1 aliphatic rings. The maximum atomic E-state index is 13.8. The number of benzene rings is 1. The molecule has 1 aromatic carbocycles. The lowest BCUT2D eigenvalue weighted by Crippen LogP contribution is -2.31. The summed E-state index contributed by atoms with van der Waals surface area (Å²) in [6.07, 6.45) is -3.77. The van der Waals surface area contributed by atoms with Crippen molar-refractivity contribution in [1.82, 2.24) is 15.3 Å². The highest BCUT2D eigenvalue weighted by Crippen LogP contribution is 2.37. The van der Waals surface area contributed by atoms with Gasteiger partial charge in [-0.2, -0.15) is 13.2 Å². The van der Waals surface area contributed by atoms with E-state index in [0.717, 1.165) is 24.5 Å². The summed E-state index contributed by atoms with van der Waals surface area (Å²) >= 11 is 0. The molecule has 0 bridgehead atoms. The van der Waals surface area contributed by atoms with Crippen molar-refractivity contribution in [3.8, 4) is 5.75 Å². The molecular formula is C18H17F4N3O2. The molecule has 1 N–H and O–H groups in total. The Balaban J connectivity index is 1.76. The van der Waals surface area contributed by atoms with Crippen LogP contribution in [0.25, 0.3) is 0 Å². The summed E-state index contributed by atoms with van der Waals surface area (Å²) < 4.78 is 58.8. The van der Waals surface area contributed by atoms with Crippen molar-refractivity contribution in [2.75, 3.05) is 0 Å². The fourth-order valence-corrected chi connectivity index (χ4v) is 2.96. The second kappa shape index (κ2) is 7.59. The molecule has 3 atom stereocenters. The summed E-state index contributed by atoms with van der Waals surface area (Å²) in [6.45, 7) is 1.48. The van der Waals surface area contributed by atoms with Crippen LogP contribution in [0.5, 0.6) is 5.75 Å². The first-order chi connectivity index (χ1) is 12.8. The molecule has 3 rings (SSSR count). The van der Waals surface area contributed by atoms with Gasteiger partial charge in [-0.25, -0.2) is 14.4 Å². The topological polar surface area (TPSA) is 64.1 Å². The zero-order valence-corrected chi connectivity index (χ0v) is 14.3. The number of hydrogen-bond donors (Lipinski definition) is 1. The van der Waals surface area contributed by atoms with Crippen molar-refractivity contribution in [2.24, 2.45) is 0 Å². The fourth-order valence-electron chi connectivity index (χ4n) is 2.96. The molecule has 144 valence electrons. The number of nitrogens with zero attached hydrogens (tertiary/aromatic N) is 2. The summed E-state index contributed by atoms with van der Waals surface area (Å²) in [4.78, 5) is 19.5. The second-order valence-electron chi connectivity index (χ2n) is 6.30. The summed E-state index contributed by atoms with van der Waals surface area (Å²) in [6, 6.07) is 4.04. The Bertz CT molecular complexity index is 811. The minimum Gasteiger partial charge on any atom is -0.473 e. The predicted molar refractivity (Wildman–Crippen MR) is 87.4 cm³/mol. The van der Waals surface area contributed by atoms with Gasteiger partial charge < -0.3 is 4.74 Å². The molecule has 1 saturated heterocycles. The van der Waals surface area contributed by atoms with E-state index < -0.39 is 23.7 Å². The lowest BCUT2D eigenvalue weighted by Gasteiger charge is -2.22. The predicted octanol–water partition coefficient (Wildman–Crippen LogP) is 3.68. The van der Waals surface area contributed by atoms with Crippen molar-refractivity contribution < 1.29 is 27.1 Å². The van der Waals surface area contributed by atoms with Crippen LogP contribution in [0.1, 0.15) is 43.3 Å². The number of carbonyl (C=O) groups is 1. The third-order valence-electron chi connectivity index (χ3n) is 4.34. The van der Waals surface area contributed by atoms with Crippen LogP contribution in [0.4, 0.5) is 17.6 Å². The lowest BCUT2D eigenvalue weighted by molar-refractivity contribution is -0.198. The van der Waals surface area contributed by atoms with E-state index in [4.69, 9.17) is 4.74 Å². The molecule has 27 heavy (non-hydrogen) atoms. The standard InChI is InChI=1S/C18H17F4N3O2/c1-10(26)14-6-7-15(25-14)17-23-8-11(9-24-17)27-16(18(20,21)22)12-4-2-3-5-13(12)19/h2-5,8-9,14-16,25H,6-7H2,1H3/t14-,15+,16?/m0/s1. The van der Waals surface area contributed by atoms with Crippen molar-refractivity contribution in [3.63, 3.8) is 0 Å². The van der Waals surface area contributed by atoms with E-state index in [0.29, 0.717) is 18.7 Å². The van der Waals surface area contributed by atoms with E-state index in [9.17, 15) is 22.4 Å². The van der Waals surface area contributed by atoms with Crippen molar-refractivity contribution >= 4 is 5.78 Å². The summed E-state index contributed by atoms with van der Waals surface area (Å²) in [5.74, 6) is -0.871. The quantitative estimate of drug-likeness (QED) is 0.798. The molecule has 1 aliphatic heterocycles. The van der Waals surface area contributed by atoms with Gasteiger partial charge in [-0.15, -0.1) is 0 Å². The van der Waals surface area contributed by atoms with Crippen LogP contribution in [-0.2, 0) is 4.79 Å². The minimum absolute atomic E-state index is 0.00959. The van der Waals surface area contributed by atoms with Crippen LogP contribution in [0.15, 0.2) is 36.7 Å². The molecule has 2 heterocycles. The number of alkyl halides is 3. The van der Waals surface area contributed by atoms with Crippen LogP contribution in [0.3, 0.4) is 0 Å². The van der Waals surface area contributed by atoms with Gasteiger partial charge in [-0.05, 0) is 25.8 Å². The number of ketones is 1. The first kappa shape index (κ1) is 19.2. The summed E-state index contributed by atoms with van der Waals surface area (Å²) in [7, 11) is 0. The number of Topliss-reactive ketones (excluding diaryl/α,β-unsaturated/α-hetero) is 1. The third kappa shape index (κ3) is 4.41. The van der Waals surface area contributed by atoms with Gasteiger partial charge in [0.05, 0.1) is 24.5 Å². The molecule has 1 fully saturated rings. The number of rotatable bonds is 5. The highest BCUT2D eigenvalue weighted by molar-refractivity contribution is 5.81. The molecule has 0 spiro atoms. The van der Waals surface area contributed by atoms with Gasteiger partial charge in [-0.3, -0.25) is 10.1 Å². The molecule has 0 amide bonds. The van der Waals surface area contributed by atoms with Gasteiger partial charge in [0.25, 0.3) is 0 Å². The number of ether oxygens (including phenoxy) is 1. The van der Waals surface area contributed by atoms with Crippen LogP contribution >= 0.6 is 0 Å². The fraction of sp³-hybridized carbons (Fsp3) is 0.389. The SMILES string of the molecule is CC(=O)[C@@H]1CC[C@H](c2ncc(OC(c3ccccc3F)C(F)(F)F)cn2)N1. The zero-order valence-electron chi connectivity index (χ0n) is 14.3. The van der Waals surface area contributed by atoms with Gasteiger partial charge in [0, 0.05) is 5.56 Å². The smallest absolute Gasteiger partial charge is 0.429 e. The first-order valence-corrected chi connectivity index (χ1v) is 8.32. The van der Waals surface area contributed by atoms with Gasteiger partial charge in [0.15, 0.2) is 5.75 Å². The van der Waals surface area contributed by atoms with Crippen LogP contribution < -0.4 is 10.1 Å². The summed E-state index contributed by atoms with van der Waals surface area (Å²) in [5, 5.41) is 3.08. The number of carbonyl (C=O) groups excluding carboxylic acids is 1. The molecule has 0 saturated carbocycles. The minimum atomic E-state index is -4.82. The molecule has 2 aromatic rings. The Hall–Kier alpha value is -2.55. The maximum absolute atomic E-state index is 13.8. The normalized spacial score (nSPS) is 21.1. The van der Waals surface area contributed by atoms with Crippen molar-refractivity contribution in [1.29, 1.82) is 0 Å². The molecule has 1 aromatic heterocycles. The van der Waals surface area contributed by atoms with Crippen molar-refractivity contribution in [3.05, 3.63) is 53.9 Å². The Morgan fingerprint density at radius 2 is 1.89 bits per heavy atom.